The van der Waals surface area contributed by atoms with Crippen LogP contribution in [0.25, 0.3) is 10.8 Å². The monoisotopic (exact) mass is 386 g/mol. The second-order valence-corrected chi connectivity index (χ2v) is 8.37. The predicted octanol–water partition coefficient (Wildman–Crippen LogP) is 5.48. The van der Waals surface area contributed by atoms with E-state index in [2.05, 4.69) is 85.5 Å². The number of methoxy groups -OCH3 is 1. The molecular weight excluding hydrogens is 360 g/mol. The summed E-state index contributed by atoms with van der Waals surface area (Å²) in [5, 5.41) is 2.50. The van der Waals surface area contributed by atoms with Gasteiger partial charge in [-0.3, -0.25) is 4.90 Å². The van der Waals surface area contributed by atoms with Gasteiger partial charge in [0.2, 0.25) is 0 Å². The van der Waals surface area contributed by atoms with E-state index in [1.165, 1.54) is 34.7 Å². The number of para-hydroxylation sites is 1. The Labute approximate surface area is 171 Å². The molecule has 4 nitrogen and oxygen atoms in total. The van der Waals surface area contributed by atoms with Gasteiger partial charge in [0, 0.05) is 17.6 Å². The SMILES string of the molecule is COC(=O)N1CC[C@@]2(C)c3ccccc3N([C@@H](C)c3cccc4ccccc34)[C@@H]12. The molecule has 0 aromatic heterocycles. The van der Waals surface area contributed by atoms with E-state index in [9.17, 15) is 4.79 Å². The Bertz CT molecular complexity index is 1090. The number of fused-ring (bicyclic) bond motifs is 4. The molecule has 0 bridgehead atoms. The Hall–Kier alpha value is -3.01. The van der Waals surface area contributed by atoms with Crippen LogP contribution in [0.2, 0.25) is 0 Å². The van der Waals surface area contributed by atoms with Gasteiger partial charge in [0.1, 0.15) is 6.17 Å². The average Bonchev–Trinajstić information content (AvgIpc) is 3.23. The minimum absolute atomic E-state index is 0.0543. The van der Waals surface area contributed by atoms with Crippen molar-refractivity contribution in [3.8, 4) is 0 Å². The summed E-state index contributed by atoms with van der Waals surface area (Å²) in [6, 6.07) is 23.7. The predicted molar refractivity (Wildman–Crippen MR) is 116 cm³/mol. The number of anilines is 1. The number of hydrogen-bond donors (Lipinski definition) is 0. The van der Waals surface area contributed by atoms with E-state index < -0.39 is 0 Å². The zero-order valence-electron chi connectivity index (χ0n) is 17.1. The fraction of sp³-hybridized carbons (Fsp3) is 0.320. The number of rotatable bonds is 2. The molecule has 0 saturated carbocycles. The van der Waals surface area contributed by atoms with E-state index in [4.69, 9.17) is 4.74 Å². The summed E-state index contributed by atoms with van der Waals surface area (Å²) >= 11 is 0. The first kappa shape index (κ1) is 18.0. The third kappa shape index (κ3) is 2.48. The first-order valence-electron chi connectivity index (χ1n) is 10.3. The molecule has 0 N–H and O–H groups in total. The van der Waals surface area contributed by atoms with Crippen molar-refractivity contribution in [2.75, 3.05) is 18.6 Å². The average molecular weight is 386 g/mol. The molecule has 0 spiro atoms. The van der Waals surface area contributed by atoms with E-state index in [0.717, 1.165) is 6.42 Å². The van der Waals surface area contributed by atoms with Gasteiger partial charge in [0.15, 0.2) is 0 Å². The largest absolute Gasteiger partial charge is 0.453 e. The summed E-state index contributed by atoms with van der Waals surface area (Å²) in [5.74, 6) is 0. The second kappa shape index (κ2) is 6.51. The second-order valence-electron chi connectivity index (χ2n) is 8.37. The Kier molecular flexibility index (Phi) is 4.05. The van der Waals surface area contributed by atoms with Gasteiger partial charge in [-0.05, 0) is 41.3 Å². The van der Waals surface area contributed by atoms with Crippen LogP contribution in [0.5, 0.6) is 0 Å². The molecular formula is C25H26N2O2. The van der Waals surface area contributed by atoms with Crippen LogP contribution in [-0.4, -0.2) is 30.8 Å². The summed E-state index contributed by atoms with van der Waals surface area (Å²) in [4.78, 5) is 17.0. The molecule has 1 saturated heterocycles. The molecule has 3 aromatic carbocycles. The van der Waals surface area contributed by atoms with E-state index in [1.54, 1.807) is 0 Å². The van der Waals surface area contributed by atoms with Crippen LogP contribution in [0.15, 0.2) is 66.7 Å². The van der Waals surface area contributed by atoms with Crippen molar-refractivity contribution in [3.05, 3.63) is 77.9 Å². The Morgan fingerprint density at radius 2 is 1.79 bits per heavy atom. The maximum atomic E-state index is 12.6. The molecule has 5 rings (SSSR count). The Morgan fingerprint density at radius 1 is 1.07 bits per heavy atom. The normalized spacial score (nSPS) is 23.8. The molecule has 3 aromatic rings. The maximum Gasteiger partial charge on any atom is 0.411 e. The van der Waals surface area contributed by atoms with Gasteiger partial charge < -0.3 is 9.64 Å². The third-order valence-electron chi connectivity index (χ3n) is 6.90. The lowest BCUT2D eigenvalue weighted by molar-refractivity contribution is 0.111. The zero-order valence-corrected chi connectivity index (χ0v) is 17.1. The molecule has 2 aliphatic heterocycles. The quantitative estimate of drug-likeness (QED) is 0.585. The summed E-state index contributed by atoms with van der Waals surface area (Å²) < 4.78 is 5.15. The first-order valence-corrected chi connectivity index (χ1v) is 10.3. The van der Waals surface area contributed by atoms with Gasteiger partial charge in [-0.15, -0.1) is 0 Å². The van der Waals surface area contributed by atoms with Gasteiger partial charge in [0.05, 0.1) is 13.2 Å². The lowest BCUT2D eigenvalue weighted by Crippen LogP contribution is -2.51. The van der Waals surface area contributed by atoms with Gasteiger partial charge in [0.25, 0.3) is 0 Å². The van der Waals surface area contributed by atoms with Crippen molar-refractivity contribution in [3.63, 3.8) is 0 Å². The number of carbonyl (C=O) groups excluding carboxylic acids is 1. The molecule has 1 fully saturated rings. The van der Waals surface area contributed by atoms with Crippen molar-refractivity contribution in [2.24, 2.45) is 0 Å². The van der Waals surface area contributed by atoms with Gasteiger partial charge in [-0.25, -0.2) is 4.79 Å². The number of hydrogen-bond acceptors (Lipinski definition) is 3. The van der Waals surface area contributed by atoms with Crippen LogP contribution in [0.1, 0.15) is 37.4 Å². The highest BCUT2D eigenvalue weighted by molar-refractivity contribution is 5.87. The summed E-state index contributed by atoms with van der Waals surface area (Å²) in [7, 11) is 1.47. The van der Waals surface area contributed by atoms with Crippen LogP contribution in [0.4, 0.5) is 10.5 Å². The highest BCUT2D eigenvalue weighted by Crippen LogP contribution is 2.54. The number of likely N-dealkylation sites (tertiary alicyclic amines) is 1. The number of ether oxygens (including phenoxy) is 1. The molecule has 1 amide bonds. The third-order valence-corrected chi connectivity index (χ3v) is 6.90. The van der Waals surface area contributed by atoms with Crippen LogP contribution < -0.4 is 4.90 Å². The van der Waals surface area contributed by atoms with Crippen molar-refractivity contribution in [2.45, 2.75) is 37.9 Å². The smallest absolute Gasteiger partial charge is 0.411 e. The molecule has 0 unspecified atom stereocenters. The summed E-state index contributed by atoms with van der Waals surface area (Å²) in [6.07, 6.45) is 0.630. The fourth-order valence-electron chi connectivity index (χ4n) is 5.49. The van der Waals surface area contributed by atoms with Crippen LogP contribution in [0.3, 0.4) is 0 Å². The van der Waals surface area contributed by atoms with Gasteiger partial charge in [-0.2, -0.15) is 0 Å². The number of amides is 1. The number of nitrogens with zero attached hydrogens (tertiary/aromatic N) is 2. The molecule has 3 atom stereocenters. The Morgan fingerprint density at radius 3 is 2.62 bits per heavy atom. The zero-order chi connectivity index (χ0) is 20.2. The van der Waals surface area contributed by atoms with Crippen LogP contribution >= 0.6 is 0 Å². The van der Waals surface area contributed by atoms with Gasteiger partial charge in [-0.1, -0.05) is 67.6 Å². The topological polar surface area (TPSA) is 32.8 Å². The molecule has 29 heavy (non-hydrogen) atoms. The standard InChI is InChI=1S/C25H26N2O2/c1-17(19-12-8-10-18-9-4-5-11-20(18)19)27-22-14-7-6-13-21(22)25(2)15-16-26(23(25)27)24(28)29-3/h4-14,17,23H,15-16H2,1-3H3/t17-,23+,25-/m0/s1. The van der Waals surface area contributed by atoms with E-state index in [-0.39, 0.29) is 23.7 Å². The van der Waals surface area contributed by atoms with E-state index >= 15 is 0 Å². The maximum absolute atomic E-state index is 12.6. The first-order chi connectivity index (χ1) is 14.1. The van der Waals surface area contributed by atoms with Crippen molar-refractivity contribution in [1.82, 2.24) is 4.90 Å². The van der Waals surface area contributed by atoms with E-state index in [1.807, 2.05) is 4.90 Å². The molecule has 0 aliphatic carbocycles. The van der Waals surface area contributed by atoms with Crippen molar-refractivity contribution >= 4 is 22.6 Å². The van der Waals surface area contributed by atoms with Crippen LogP contribution in [-0.2, 0) is 10.2 Å². The highest BCUT2D eigenvalue weighted by Gasteiger charge is 2.57. The number of benzene rings is 3. The molecule has 0 radical (unpaired) electrons. The Balaban J connectivity index is 1.68. The van der Waals surface area contributed by atoms with Crippen LogP contribution in [0, 0.1) is 0 Å². The van der Waals surface area contributed by atoms with Crippen molar-refractivity contribution in [1.29, 1.82) is 0 Å². The number of carbonyl (C=O) groups is 1. The fourth-order valence-corrected chi connectivity index (χ4v) is 5.49. The van der Waals surface area contributed by atoms with Crippen molar-refractivity contribution < 1.29 is 9.53 Å². The van der Waals surface area contributed by atoms with E-state index in [0.29, 0.717) is 6.54 Å². The molecule has 4 heteroatoms. The summed E-state index contributed by atoms with van der Waals surface area (Å²) in [5.41, 5.74) is 3.71. The lowest BCUT2D eigenvalue weighted by atomic mass is 9.81. The molecule has 2 heterocycles. The minimum Gasteiger partial charge on any atom is -0.453 e. The molecule has 2 aliphatic rings. The highest BCUT2D eigenvalue weighted by atomic mass is 16.5. The minimum atomic E-state index is -0.248. The van der Waals surface area contributed by atoms with Gasteiger partial charge >= 0.3 is 6.09 Å². The lowest BCUT2D eigenvalue weighted by Gasteiger charge is -2.40. The molecule has 148 valence electrons. The summed E-state index contributed by atoms with van der Waals surface area (Å²) in [6.45, 7) is 5.24.